The lowest BCUT2D eigenvalue weighted by Gasteiger charge is -2.18. The molecule has 126 valence electrons. The molecule has 0 amide bonds. The summed E-state index contributed by atoms with van der Waals surface area (Å²) in [4.78, 5) is 29.9. The van der Waals surface area contributed by atoms with Crippen LogP contribution in [0.5, 0.6) is 0 Å². The molecule has 0 bridgehead atoms. The maximum atomic E-state index is 11.2. The van der Waals surface area contributed by atoms with E-state index in [1.807, 2.05) is 48.5 Å². The first-order chi connectivity index (χ1) is 11.5. The van der Waals surface area contributed by atoms with Crippen molar-refractivity contribution in [2.75, 3.05) is 19.5 Å². The van der Waals surface area contributed by atoms with Gasteiger partial charge in [-0.05, 0) is 18.2 Å². The van der Waals surface area contributed by atoms with Gasteiger partial charge in [-0.2, -0.15) is 0 Å². The SMILES string of the molecule is CN1C=Cc2[nH]c(=O)n(C)c2C1.CNn1c(=O)[nH]c2ccccc21. The molecule has 0 atom stereocenters. The highest BCUT2D eigenvalue weighted by molar-refractivity contribution is 5.75. The Morgan fingerprint density at radius 2 is 1.83 bits per heavy atom. The number of aromatic nitrogens is 4. The van der Waals surface area contributed by atoms with Gasteiger partial charge in [0.05, 0.1) is 29.0 Å². The first-order valence-corrected chi connectivity index (χ1v) is 7.55. The highest BCUT2D eigenvalue weighted by atomic mass is 16.2. The van der Waals surface area contributed by atoms with Gasteiger partial charge in [-0.25, -0.2) is 14.3 Å². The second kappa shape index (κ2) is 6.15. The Morgan fingerprint density at radius 1 is 1.08 bits per heavy atom. The van der Waals surface area contributed by atoms with Crippen LogP contribution < -0.4 is 16.8 Å². The van der Waals surface area contributed by atoms with Gasteiger partial charge in [-0.15, -0.1) is 0 Å². The molecule has 0 radical (unpaired) electrons. The lowest BCUT2D eigenvalue weighted by molar-refractivity contribution is 0.432. The van der Waals surface area contributed by atoms with Gasteiger partial charge in [0.15, 0.2) is 0 Å². The molecule has 0 saturated heterocycles. The van der Waals surface area contributed by atoms with Gasteiger partial charge in [0.25, 0.3) is 0 Å². The van der Waals surface area contributed by atoms with Crippen molar-refractivity contribution in [1.29, 1.82) is 0 Å². The minimum absolute atomic E-state index is 0.0417. The highest BCUT2D eigenvalue weighted by Crippen LogP contribution is 2.13. The molecule has 1 aromatic carbocycles. The van der Waals surface area contributed by atoms with Gasteiger partial charge in [0.1, 0.15) is 0 Å². The van der Waals surface area contributed by atoms with E-state index in [4.69, 9.17) is 0 Å². The lowest BCUT2D eigenvalue weighted by Crippen LogP contribution is -2.23. The Labute approximate surface area is 138 Å². The van der Waals surface area contributed by atoms with Crippen molar-refractivity contribution in [3.05, 3.63) is 62.8 Å². The number of aromatic amines is 2. The summed E-state index contributed by atoms with van der Waals surface area (Å²) < 4.78 is 3.12. The Morgan fingerprint density at radius 3 is 2.58 bits per heavy atom. The van der Waals surface area contributed by atoms with Crippen LogP contribution in [0.3, 0.4) is 0 Å². The van der Waals surface area contributed by atoms with Crippen LogP contribution in [0.1, 0.15) is 11.4 Å². The number of nitrogens with zero attached hydrogens (tertiary/aromatic N) is 3. The summed E-state index contributed by atoms with van der Waals surface area (Å²) in [5, 5.41) is 0. The molecule has 0 fully saturated rings. The number of hydrogen-bond acceptors (Lipinski definition) is 4. The topological polar surface area (TPSA) is 90.8 Å². The smallest absolute Gasteiger partial charge is 0.345 e. The van der Waals surface area contributed by atoms with Crippen molar-refractivity contribution >= 4 is 17.1 Å². The van der Waals surface area contributed by atoms with Crippen LogP contribution in [0.25, 0.3) is 17.1 Å². The number of rotatable bonds is 1. The quantitative estimate of drug-likeness (QED) is 0.611. The number of nitrogens with one attached hydrogen (secondary N) is 3. The second-order valence-corrected chi connectivity index (χ2v) is 5.59. The molecule has 8 heteroatoms. The van der Waals surface area contributed by atoms with Gasteiger partial charge in [-0.3, -0.25) is 4.57 Å². The summed E-state index contributed by atoms with van der Waals surface area (Å²) >= 11 is 0. The first kappa shape index (κ1) is 15.7. The zero-order valence-corrected chi connectivity index (χ0v) is 13.8. The summed E-state index contributed by atoms with van der Waals surface area (Å²) in [5.74, 6) is 0. The van der Waals surface area contributed by atoms with E-state index in [9.17, 15) is 9.59 Å². The van der Waals surface area contributed by atoms with E-state index >= 15 is 0 Å². The molecule has 24 heavy (non-hydrogen) atoms. The van der Waals surface area contributed by atoms with Gasteiger partial charge in [0, 0.05) is 27.3 Å². The highest BCUT2D eigenvalue weighted by Gasteiger charge is 2.13. The van der Waals surface area contributed by atoms with Crippen LogP contribution in [0.2, 0.25) is 0 Å². The van der Waals surface area contributed by atoms with E-state index in [0.717, 1.165) is 29.0 Å². The van der Waals surface area contributed by atoms with E-state index < -0.39 is 0 Å². The number of benzene rings is 1. The predicted octanol–water partition coefficient (Wildman–Crippen LogP) is 0.632. The first-order valence-electron chi connectivity index (χ1n) is 7.55. The van der Waals surface area contributed by atoms with Crippen LogP contribution in [0.4, 0.5) is 0 Å². The third-order valence-electron chi connectivity index (χ3n) is 3.97. The monoisotopic (exact) mass is 328 g/mol. The number of hydrogen-bond donors (Lipinski definition) is 3. The van der Waals surface area contributed by atoms with Crippen molar-refractivity contribution in [2.24, 2.45) is 7.05 Å². The van der Waals surface area contributed by atoms with Crippen molar-refractivity contribution in [1.82, 2.24) is 24.1 Å². The molecule has 0 unspecified atom stereocenters. The largest absolute Gasteiger partial charge is 0.374 e. The Bertz CT molecular complexity index is 1000. The second-order valence-electron chi connectivity index (χ2n) is 5.59. The zero-order valence-electron chi connectivity index (χ0n) is 13.8. The van der Waals surface area contributed by atoms with Gasteiger partial charge >= 0.3 is 11.4 Å². The molecule has 4 rings (SSSR count). The Balaban J connectivity index is 0.000000141. The molecule has 1 aliphatic rings. The van der Waals surface area contributed by atoms with Crippen molar-refractivity contribution in [3.8, 4) is 0 Å². The predicted molar refractivity (Wildman–Crippen MR) is 94.4 cm³/mol. The molecule has 0 spiro atoms. The van der Waals surface area contributed by atoms with Crippen molar-refractivity contribution < 1.29 is 0 Å². The number of H-pyrrole nitrogens is 2. The molecule has 0 aliphatic carbocycles. The maximum Gasteiger partial charge on any atom is 0.345 e. The van der Waals surface area contributed by atoms with Crippen LogP contribution in [-0.4, -0.2) is 38.2 Å². The lowest BCUT2D eigenvalue weighted by atomic mass is 10.2. The minimum Gasteiger partial charge on any atom is -0.374 e. The van der Waals surface area contributed by atoms with Crippen molar-refractivity contribution in [3.63, 3.8) is 0 Å². The fourth-order valence-corrected chi connectivity index (χ4v) is 2.67. The average Bonchev–Trinajstić information content (AvgIpc) is 3.04. The third kappa shape index (κ3) is 2.73. The van der Waals surface area contributed by atoms with E-state index in [1.54, 1.807) is 18.7 Å². The van der Waals surface area contributed by atoms with Crippen molar-refractivity contribution in [2.45, 2.75) is 6.54 Å². The summed E-state index contributed by atoms with van der Waals surface area (Å²) in [6.45, 7) is 0.793. The van der Waals surface area contributed by atoms with Crippen LogP contribution in [0.15, 0.2) is 40.1 Å². The van der Waals surface area contributed by atoms with Crippen LogP contribution >= 0.6 is 0 Å². The summed E-state index contributed by atoms with van der Waals surface area (Å²) in [6, 6.07) is 7.52. The Hall–Kier alpha value is -3.16. The standard InChI is InChI=1S/C8H11N3O.C8H9N3O/c1-10-4-3-6-7(5-10)11(2)8(12)9-6;1-9-11-7-5-3-2-4-6(7)10-8(11)12/h3-4H,5H2,1-2H3,(H,9,12);2-5,9H,1H3,(H,10,12). The normalized spacial score (nSPS) is 12.7. The van der Waals surface area contributed by atoms with Crippen LogP contribution in [-0.2, 0) is 13.6 Å². The molecule has 0 saturated carbocycles. The molecule has 1 aliphatic heterocycles. The Kier molecular flexibility index (Phi) is 4.03. The fraction of sp³-hybridized carbons (Fsp3) is 0.250. The van der Waals surface area contributed by atoms with E-state index in [1.165, 1.54) is 4.68 Å². The summed E-state index contributed by atoms with van der Waals surface area (Å²) in [7, 11) is 5.48. The fourth-order valence-electron chi connectivity index (χ4n) is 2.67. The zero-order chi connectivity index (χ0) is 17.3. The van der Waals surface area contributed by atoms with E-state index in [2.05, 4.69) is 15.4 Å². The van der Waals surface area contributed by atoms with Gasteiger partial charge in [0.2, 0.25) is 0 Å². The van der Waals surface area contributed by atoms with Gasteiger partial charge < -0.3 is 20.3 Å². The average molecular weight is 328 g/mol. The van der Waals surface area contributed by atoms with Crippen LogP contribution in [0, 0.1) is 0 Å². The number of para-hydroxylation sites is 2. The maximum absolute atomic E-state index is 11.2. The van der Waals surface area contributed by atoms with E-state index in [0.29, 0.717) is 0 Å². The number of fused-ring (bicyclic) bond motifs is 2. The molecule has 2 aromatic heterocycles. The third-order valence-corrected chi connectivity index (χ3v) is 3.97. The molecule has 3 aromatic rings. The summed E-state index contributed by atoms with van der Waals surface area (Å²) in [5.41, 5.74) is 6.30. The minimum atomic E-state index is -0.140. The molecular weight excluding hydrogens is 308 g/mol. The molecule has 8 nitrogen and oxygen atoms in total. The summed E-state index contributed by atoms with van der Waals surface area (Å²) in [6.07, 6.45) is 3.87. The molecule has 3 heterocycles. The van der Waals surface area contributed by atoms with Gasteiger partial charge in [-0.1, -0.05) is 12.1 Å². The number of imidazole rings is 2. The van der Waals surface area contributed by atoms with E-state index in [-0.39, 0.29) is 11.4 Å². The molecule has 3 N–H and O–H groups in total. The molecular formula is C16H20N6O2.